The first kappa shape index (κ1) is 20.1. The van der Waals surface area contributed by atoms with Crippen LogP contribution in [0.3, 0.4) is 0 Å². The number of benzene rings is 1. The van der Waals surface area contributed by atoms with Crippen LogP contribution in [0.5, 0.6) is 0 Å². The van der Waals surface area contributed by atoms with Crippen molar-refractivity contribution in [3.8, 4) is 11.3 Å². The molecule has 150 valence electrons. The van der Waals surface area contributed by atoms with Crippen LogP contribution in [-0.2, 0) is 4.74 Å². The summed E-state index contributed by atoms with van der Waals surface area (Å²) in [6, 6.07) is 6.37. The lowest BCUT2D eigenvalue weighted by Crippen LogP contribution is -2.37. The number of methoxy groups -OCH3 is 1. The van der Waals surface area contributed by atoms with E-state index in [4.69, 9.17) is 10.5 Å². The Morgan fingerprint density at radius 3 is 2.38 bits per heavy atom. The van der Waals surface area contributed by atoms with E-state index < -0.39 is 35.2 Å². The van der Waals surface area contributed by atoms with Crippen LogP contribution < -0.4 is 10.6 Å². The third kappa shape index (κ3) is 3.98. The van der Waals surface area contributed by atoms with E-state index in [-0.39, 0.29) is 29.9 Å². The van der Waals surface area contributed by atoms with Crippen molar-refractivity contribution in [2.45, 2.75) is 12.8 Å². The van der Waals surface area contributed by atoms with Crippen molar-refractivity contribution >= 4 is 17.8 Å². The van der Waals surface area contributed by atoms with Crippen molar-refractivity contribution in [3.63, 3.8) is 0 Å². The van der Waals surface area contributed by atoms with Gasteiger partial charge in [0, 0.05) is 12.0 Å². The van der Waals surface area contributed by atoms with Gasteiger partial charge in [0.2, 0.25) is 0 Å². The first-order chi connectivity index (χ1) is 13.8. The minimum atomic E-state index is -1.16. The Morgan fingerprint density at radius 2 is 1.79 bits per heavy atom. The average molecular weight is 403 g/mol. The highest BCUT2D eigenvalue weighted by Crippen LogP contribution is 2.34. The quantitative estimate of drug-likeness (QED) is 0.768. The molecule has 0 atom stereocenters. The van der Waals surface area contributed by atoms with Gasteiger partial charge in [-0.25, -0.2) is 32.6 Å². The lowest BCUT2D eigenvalue weighted by atomic mass is 10.0. The van der Waals surface area contributed by atoms with Gasteiger partial charge < -0.3 is 10.5 Å². The Balaban J connectivity index is 2.20. The fourth-order valence-corrected chi connectivity index (χ4v) is 2.91. The number of amides is 2. The normalized spacial score (nSPS) is 13.7. The van der Waals surface area contributed by atoms with Gasteiger partial charge >= 0.3 is 12.0 Å². The standard InChI is InChI=1S/C20H16F3N3O3/c1-29-19(27)13-9-10-16(25-17(13)11-5-7-12(21)8-6-11)26(20(24)28)18-14(22)3-2-4-15(18)23/h3,5-10H,2,4H2,1H3,(H2,24,28). The highest BCUT2D eigenvalue weighted by atomic mass is 19.1. The van der Waals surface area contributed by atoms with E-state index in [0.29, 0.717) is 10.5 Å². The molecule has 2 N–H and O–H groups in total. The van der Waals surface area contributed by atoms with Crippen LogP contribution in [0.4, 0.5) is 23.8 Å². The number of nitrogens with zero attached hydrogens (tertiary/aromatic N) is 2. The number of hydrogen-bond donors (Lipinski definition) is 1. The van der Waals surface area contributed by atoms with E-state index in [2.05, 4.69) is 4.98 Å². The molecular weight excluding hydrogens is 387 g/mol. The van der Waals surface area contributed by atoms with E-state index in [1.165, 1.54) is 31.4 Å². The molecule has 1 aromatic heterocycles. The smallest absolute Gasteiger partial charge is 0.340 e. The zero-order valence-corrected chi connectivity index (χ0v) is 15.3. The molecule has 0 fully saturated rings. The number of allylic oxidation sites excluding steroid dienone is 3. The summed E-state index contributed by atoms with van der Waals surface area (Å²) in [7, 11) is 1.17. The molecule has 0 saturated heterocycles. The summed E-state index contributed by atoms with van der Waals surface area (Å²) in [5.41, 5.74) is 5.11. The Bertz CT molecular complexity index is 1030. The molecule has 0 bridgehead atoms. The average Bonchev–Trinajstić information content (AvgIpc) is 2.70. The van der Waals surface area contributed by atoms with Crippen molar-refractivity contribution in [1.82, 2.24) is 4.98 Å². The van der Waals surface area contributed by atoms with Crippen molar-refractivity contribution in [2.75, 3.05) is 12.0 Å². The third-order valence-corrected chi connectivity index (χ3v) is 4.25. The molecule has 1 heterocycles. The summed E-state index contributed by atoms with van der Waals surface area (Å²) >= 11 is 0. The van der Waals surface area contributed by atoms with E-state index in [1.807, 2.05) is 0 Å². The van der Waals surface area contributed by atoms with Crippen LogP contribution in [0.15, 0.2) is 59.8 Å². The maximum Gasteiger partial charge on any atom is 0.340 e. The van der Waals surface area contributed by atoms with Gasteiger partial charge in [-0.2, -0.15) is 0 Å². The number of esters is 1. The van der Waals surface area contributed by atoms with E-state index in [1.54, 1.807) is 0 Å². The first-order valence-corrected chi connectivity index (χ1v) is 8.53. The second-order valence-corrected chi connectivity index (χ2v) is 6.08. The number of rotatable bonds is 4. The molecule has 2 aromatic rings. The molecule has 2 amide bonds. The predicted molar refractivity (Wildman–Crippen MR) is 99.6 cm³/mol. The largest absolute Gasteiger partial charge is 0.465 e. The number of primary amides is 1. The Morgan fingerprint density at radius 1 is 1.10 bits per heavy atom. The van der Waals surface area contributed by atoms with Gasteiger partial charge in [0.1, 0.15) is 29.0 Å². The number of halogens is 3. The van der Waals surface area contributed by atoms with Crippen molar-refractivity contribution in [3.05, 3.63) is 71.2 Å². The number of urea groups is 1. The number of pyridine rings is 1. The molecule has 1 aliphatic rings. The van der Waals surface area contributed by atoms with Gasteiger partial charge in [-0.3, -0.25) is 0 Å². The molecule has 0 saturated carbocycles. The van der Waals surface area contributed by atoms with Crippen molar-refractivity contribution in [1.29, 1.82) is 0 Å². The molecular formula is C20H16F3N3O3. The van der Waals surface area contributed by atoms with Crippen molar-refractivity contribution < 1.29 is 27.5 Å². The minimum Gasteiger partial charge on any atom is -0.465 e. The van der Waals surface area contributed by atoms with Crippen LogP contribution in [0.2, 0.25) is 0 Å². The van der Waals surface area contributed by atoms with Crippen LogP contribution in [0.1, 0.15) is 23.2 Å². The Hall–Kier alpha value is -3.62. The zero-order valence-electron chi connectivity index (χ0n) is 15.3. The van der Waals surface area contributed by atoms with Crippen molar-refractivity contribution in [2.24, 2.45) is 5.73 Å². The maximum atomic E-state index is 14.3. The van der Waals surface area contributed by atoms with Crippen LogP contribution in [0.25, 0.3) is 11.3 Å². The topological polar surface area (TPSA) is 85.5 Å². The Labute approximate surface area is 164 Å². The van der Waals surface area contributed by atoms with Gasteiger partial charge in [-0.05, 0) is 48.9 Å². The highest BCUT2D eigenvalue weighted by molar-refractivity contribution is 5.98. The molecule has 0 radical (unpaired) electrons. The lowest BCUT2D eigenvalue weighted by molar-refractivity contribution is 0.0601. The molecule has 3 rings (SSSR count). The second kappa shape index (κ2) is 8.17. The predicted octanol–water partition coefficient (Wildman–Crippen LogP) is 4.39. The number of ether oxygens (including phenoxy) is 1. The first-order valence-electron chi connectivity index (χ1n) is 8.53. The van der Waals surface area contributed by atoms with Crippen LogP contribution >= 0.6 is 0 Å². The molecule has 9 heteroatoms. The van der Waals surface area contributed by atoms with E-state index >= 15 is 0 Å². The van der Waals surface area contributed by atoms with E-state index in [9.17, 15) is 22.8 Å². The fraction of sp³-hybridized carbons (Fsp3) is 0.150. The SMILES string of the molecule is COC(=O)c1ccc(N(C(N)=O)C2=C(F)CCC=C2F)nc1-c1ccc(F)cc1. The number of carbonyl (C=O) groups is 2. The lowest BCUT2D eigenvalue weighted by Gasteiger charge is -2.25. The van der Waals surface area contributed by atoms with Gasteiger partial charge in [0.25, 0.3) is 0 Å². The number of anilines is 1. The molecule has 1 aromatic carbocycles. The van der Waals surface area contributed by atoms with E-state index in [0.717, 1.165) is 18.2 Å². The number of hydrogen-bond acceptors (Lipinski definition) is 4. The monoisotopic (exact) mass is 403 g/mol. The van der Waals surface area contributed by atoms with Gasteiger partial charge in [-0.1, -0.05) is 0 Å². The molecule has 6 nitrogen and oxygen atoms in total. The molecule has 1 aliphatic carbocycles. The summed E-state index contributed by atoms with van der Waals surface area (Å²) in [6.07, 6.45) is 1.18. The van der Waals surface area contributed by atoms with Gasteiger partial charge in [-0.15, -0.1) is 0 Å². The zero-order chi connectivity index (χ0) is 21.1. The molecule has 0 unspecified atom stereocenters. The molecule has 0 spiro atoms. The summed E-state index contributed by atoms with van der Waals surface area (Å²) in [4.78, 5) is 29.0. The minimum absolute atomic E-state index is 0.0152. The maximum absolute atomic E-state index is 14.3. The fourth-order valence-electron chi connectivity index (χ4n) is 2.91. The third-order valence-electron chi connectivity index (χ3n) is 4.25. The Kier molecular flexibility index (Phi) is 5.67. The summed E-state index contributed by atoms with van der Waals surface area (Å²) in [6.45, 7) is 0. The number of nitrogens with two attached hydrogens (primary N) is 1. The highest BCUT2D eigenvalue weighted by Gasteiger charge is 2.29. The summed E-state index contributed by atoms with van der Waals surface area (Å²) in [5.74, 6) is -3.26. The molecule has 29 heavy (non-hydrogen) atoms. The molecule has 0 aliphatic heterocycles. The number of carbonyl (C=O) groups excluding carboxylic acids is 2. The number of aromatic nitrogens is 1. The summed E-state index contributed by atoms with van der Waals surface area (Å²) < 4.78 is 46.6. The second-order valence-electron chi connectivity index (χ2n) is 6.08. The van der Waals surface area contributed by atoms with Crippen LogP contribution in [-0.4, -0.2) is 24.1 Å². The van der Waals surface area contributed by atoms with Gasteiger partial charge in [0.05, 0.1) is 18.4 Å². The van der Waals surface area contributed by atoms with Gasteiger partial charge in [0.15, 0.2) is 0 Å². The summed E-state index contributed by atoms with van der Waals surface area (Å²) in [5, 5.41) is 0. The van der Waals surface area contributed by atoms with Crippen LogP contribution in [0, 0.1) is 5.82 Å².